The van der Waals surface area contributed by atoms with Gasteiger partial charge < -0.3 is 25.1 Å². The highest BCUT2D eigenvalue weighted by Gasteiger charge is 2.73. The fourth-order valence-electron chi connectivity index (χ4n) is 4.04. The van der Waals surface area contributed by atoms with Crippen molar-refractivity contribution in [2.45, 2.75) is 50.1 Å². The molecule has 5 atom stereocenters. The van der Waals surface area contributed by atoms with Gasteiger partial charge in [-0.25, -0.2) is 15.0 Å². The average Bonchev–Trinajstić information content (AvgIpc) is 2.78. The predicted molar refractivity (Wildman–Crippen MR) is 81.6 cm³/mol. The van der Waals surface area contributed by atoms with Crippen molar-refractivity contribution in [2.24, 2.45) is 5.92 Å². The molecule has 2 aromatic rings. The lowest BCUT2D eigenvalue weighted by molar-refractivity contribution is -0.204. The molecule has 2 unspecified atom stereocenters. The first-order valence-corrected chi connectivity index (χ1v) is 8.02. The van der Waals surface area contributed by atoms with Crippen LogP contribution in [0.3, 0.4) is 0 Å². The maximum absolute atomic E-state index is 9.57. The van der Waals surface area contributed by atoms with Gasteiger partial charge in [-0.15, -0.1) is 0 Å². The number of imidazole rings is 1. The SMILES string of the molecule is CC1(C)OC2[C@H](O1)C(n1cnc3c(N)ncnc31)O[C@@]21C[C@H]1CO. The van der Waals surface area contributed by atoms with Gasteiger partial charge in [-0.2, -0.15) is 0 Å². The summed E-state index contributed by atoms with van der Waals surface area (Å²) in [6.07, 6.45) is 2.83. The third-order valence-electron chi connectivity index (χ3n) is 5.21. The van der Waals surface area contributed by atoms with Crippen molar-refractivity contribution < 1.29 is 19.3 Å². The molecule has 0 radical (unpaired) electrons. The van der Waals surface area contributed by atoms with E-state index in [1.54, 1.807) is 6.33 Å². The van der Waals surface area contributed by atoms with E-state index in [-0.39, 0.29) is 24.7 Å². The molecule has 2 aliphatic heterocycles. The minimum Gasteiger partial charge on any atom is -0.396 e. The quantitative estimate of drug-likeness (QED) is 0.801. The van der Waals surface area contributed by atoms with Crippen LogP contribution in [0.15, 0.2) is 12.7 Å². The number of anilines is 1. The molecule has 2 saturated heterocycles. The first-order valence-electron chi connectivity index (χ1n) is 8.02. The highest BCUT2D eigenvalue weighted by atomic mass is 16.8. The van der Waals surface area contributed by atoms with Crippen LogP contribution in [0.4, 0.5) is 5.82 Å². The smallest absolute Gasteiger partial charge is 0.167 e. The number of nitrogens with two attached hydrogens (primary N) is 1. The zero-order valence-electron chi connectivity index (χ0n) is 13.4. The van der Waals surface area contributed by atoms with Gasteiger partial charge in [-0.3, -0.25) is 4.57 Å². The van der Waals surface area contributed by atoms with Gasteiger partial charge in [0.25, 0.3) is 0 Å². The molecule has 1 aliphatic carbocycles. The van der Waals surface area contributed by atoms with E-state index < -0.39 is 17.6 Å². The van der Waals surface area contributed by atoms with Gasteiger partial charge in [0.2, 0.25) is 0 Å². The molecule has 1 saturated carbocycles. The van der Waals surface area contributed by atoms with E-state index in [2.05, 4.69) is 15.0 Å². The molecule has 3 aliphatic rings. The van der Waals surface area contributed by atoms with Crippen LogP contribution in [0.1, 0.15) is 26.5 Å². The van der Waals surface area contributed by atoms with Gasteiger partial charge >= 0.3 is 0 Å². The minimum absolute atomic E-state index is 0.0574. The lowest BCUT2D eigenvalue weighted by atomic mass is 10.1. The Hall–Kier alpha value is -1.81. The summed E-state index contributed by atoms with van der Waals surface area (Å²) in [7, 11) is 0. The Kier molecular flexibility index (Phi) is 2.68. The maximum Gasteiger partial charge on any atom is 0.167 e. The van der Waals surface area contributed by atoms with Crippen LogP contribution in [0.2, 0.25) is 0 Å². The third-order valence-corrected chi connectivity index (χ3v) is 5.21. The fourth-order valence-corrected chi connectivity index (χ4v) is 4.04. The van der Waals surface area contributed by atoms with Crippen molar-refractivity contribution in [2.75, 3.05) is 12.3 Å². The molecule has 3 N–H and O–H groups in total. The van der Waals surface area contributed by atoms with Gasteiger partial charge in [0.1, 0.15) is 29.7 Å². The highest BCUT2D eigenvalue weighted by molar-refractivity contribution is 5.81. The Labute approximate surface area is 137 Å². The van der Waals surface area contributed by atoms with Gasteiger partial charge in [-0.05, 0) is 20.3 Å². The maximum atomic E-state index is 9.57. The molecule has 128 valence electrons. The van der Waals surface area contributed by atoms with E-state index in [0.717, 1.165) is 6.42 Å². The summed E-state index contributed by atoms with van der Waals surface area (Å²) in [5.74, 6) is -0.314. The Bertz CT molecular complexity index is 823. The van der Waals surface area contributed by atoms with Crippen molar-refractivity contribution in [1.82, 2.24) is 19.5 Å². The fraction of sp³-hybridized carbons (Fsp3) is 0.667. The number of fused-ring (bicyclic) bond motifs is 3. The second kappa shape index (κ2) is 4.42. The number of aliphatic hydroxyl groups excluding tert-OH is 1. The van der Waals surface area contributed by atoms with E-state index in [9.17, 15) is 5.11 Å². The number of nitrogens with zero attached hydrogens (tertiary/aromatic N) is 4. The molecule has 0 bridgehead atoms. The molecule has 3 fully saturated rings. The Balaban J connectivity index is 1.59. The second-order valence-corrected chi connectivity index (χ2v) is 7.15. The van der Waals surface area contributed by atoms with Crippen LogP contribution >= 0.6 is 0 Å². The van der Waals surface area contributed by atoms with Crippen LogP contribution in [0.25, 0.3) is 11.2 Å². The number of nitrogen functional groups attached to an aromatic ring is 1. The first kappa shape index (κ1) is 14.5. The number of aromatic nitrogens is 4. The number of aliphatic hydroxyl groups is 1. The minimum atomic E-state index is -0.697. The number of hydrogen-bond donors (Lipinski definition) is 2. The topological polar surface area (TPSA) is 118 Å². The van der Waals surface area contributed by atoms with E-state index in [1.807, 2.05) is 18.4 Å². The normalized spacial score (nSPS) is 39.6. The van der Waals surface area contributed by atoms with Gasteiger partial charge in [0.15, 0.2) is 23.5 Å². The second-order valence-electron chi connectivity index (χ2n) is 7.15. The molecule has 1 spiro atoms. The summed E-state index contributed by atoms with van der Waals surface area (Å²) < 4.78 is 20.3. The standard InChI is InChI=1S/C15H19N5O4/c1-14(2)22-9-10(23-14)15(3-7(15)4-21)24-13(9)20-6-19-8-11(16)17-5-18-12(8)20/h5-7,9-10,13,21H,3-4H2,1-2H3,(H2,16,17,18)/t7-,9-,10?,13?,15+/m0/s1. The lowest BCUT2D eigenvalue weighted by Crippen LogP contribution is -2.33. The molecule has 5 rings (SSSR count). The molecule has 2 aromatic heterocycles. The molecule has 4 heterocycles. The summed E-state index contributed by atoms with van der Waals surface area (Å²) in [5.41, 5.74) is 6.49. The predicted octanol–water partition coefficient (Wildman–Crippen LogP) is 0.208. The first-order chi connectivity index (χ1) is 11.5. The molecular formula is C15H19N5O4. The van der Waals surface area contributed by atoms with E-state index >= 15 is 0 Å². The van der Waals surface area contributed by atoms with Crippen LogP contribution in [-0.2, 0) is 14.2 Å². The summed E-state index contributed by atoms with van der Waals surface area (Å²) >= 11 is 0. The van der Waals surface area contributed by atoms with Crippen LogP contribution < -0.4 is 5.73 Å². The highest BCUT2D eigenvalue weighted by Crippen LogP contribution is 2.62. The van der Waals surface area contributed by atoms with Crippen molar-refractivity contribution >= 4 is 17.0 Å². The van der Waals surface area contributed by atoms with Crippen LogP contribution in [-0.4, -0.2) is 54.8 Å². The van der Waals surface area contributed by atoms with Gasteiger partial charge in [-0.1, -0.05) is 0 Å². The number of hydrogen-bond acceptors (Lipinski definition) is 8. The third kappa shape index (κ3) is 1.75. The Morgan fingerprint density at radius 3 is 2.88 bits per heavy atom. The average molecular weight is 333 g/mol. The van der Waals surface area contributed by atoms with Gasteiger partial charge in [0.05, 0.1) is 6.33 Å². The van der Waals surface area contributed by atoms with Crippen molar-refractivity contribution in [1.29, 1.82) is 0 Å². The molecule has 0 amide bonds. The molecular weight excluding hydrogens is 314 g/mol. The molecule has 9 heteroatoms. The van der Waals surface area contributed by atoms with E-state index in [1.165, 1.54) is 6.33 Å². The van der Waals surface area contributed by atoms with Crippen molar-refractivity contribution in [3.8, 4) is 0 Å². The van der Waals surface area contributed by atoms with Crippen LogP contribution in [0, 0.1) is 5.92 Å². The zero-order chi connectivity index (χ0) is 16.7. The van der Waals surface area contributed by atoms with Crippen molar-refractivity contribution in [3.05, 3.63) is 12.7 Å². The molecule has 24 heavy (non-hydrogen) atoms. The van der Waals surface area contributed by atoms with E-state index in [0.29, 0.717) is 17.0 Å². The number of rotatable bonds is 2. The Morgan fingerprint density at radius 1 is 1.29 bits per heavy atom. The molecule has 0 aromatic carbocycles. The zero-order valence-corrected chi connectivity index (χ0v) is 13.4. The summed E-state index contributed by atoms with van der Waals surface area (Å²) in [6.45, 7) is 3.84. The largest absolute Gasteiger partial charge is 0.396 e. The monoisotopic (exact) mass is 333 g/mol. The summed E-state index contributed by atoms with van der Waals surface area (Å²) in [4.78, 5) is 12.6. The summed E-state index contributed by atoms with van der Waals surface area (Å²) in [6, 6.07) is 0. The lowest BCUT2D eigenvalue weighted by Gasteiger charge is -2.25. The Morgan fingerprint density at radius 2 is 2.12 bits per heavy atom. The number of ether oxygens (including phenoxy) is 3. The molecule has 9 nitrogen and oxygen atoms in total. The van der Waals surface area contributed by atoms with Gasteiger partial charge in [0, 0.05) is 12.5 Å². The van der Waals surface area contributed by atoms with Crippen molar-refractivity contribution in [3.63, 3.8) is 0 Å². The van der Waals surface area contributed by atoms with E-state index in [4.69, 9.17) is 19.9 Å². The van der Waals surface area contributed by atoms with Crippen LogP contribution in [0.5, 0.6) is 0 Å². The summed E-state index contributed by atoms with van der Waals surface area (Å²) in [5, 5.41) is 9.57.